The van der Waals surface area contributed by atoms with Gasteiger partial charge in [0.15, 0.2) is 11.7 Å². The fraction of sp³-hybridized carbons (Fsp3) is 0.792. The van der Waals surface area contributed by atoms with Gasteiger partial charge in [-0.1, -0.05) is 20.8 Å². The van der Waals surface area contributed by atoms with Gasteiger partial charge in [0.2, 0.25) is 0 Å². The Hall–Kier alpha value is -1.97. The number of hydrogen-bond donors (Lipinski definition) is 1. The molecule has 4 heterocycles. The third-order valence-electron chi connectivity index (χ3n) is 9.86. The number of epoxide rings is 3. The summed E-state index contributed by atoms with van der Waals surface area (Å²) in [6.07, 6.45) is 0.464. The molecule has 0 bridgehead atoms. The van der Waals surface area contributed by atoms with E-state index in [9.17, 15) is 14.4 Å². The fourth-order valence-corrected chi connectivity index (χ4v) is 8.24. The molecule has 0 amide bonds. The number of carboxylic acids is 1. The van der Waals surface area contributed by atoms with Crippen LogP contribution < -0.4 is 0 Å². The van der Waals surface area contributed by atoms with Gasteiger partial charge < -0.3 is 28.8 Å². The highest BCUT2D eigenvalue weighted by Crippen LogP contribution is 2.83. The average molecular weight is 460 g/mol. The van der Waals surface area contributed by atoms with Crippen LogP contribution in [0.3, 0.4) is 0 Å². The Kier molecular flexibility index (Phi) is 3.59. The highest BCUT2D eigenvalue weighted by atomic mass is 16.8. The van der Waals surface area contributed by atoms with Gasteiger partial charge in [-0.25, -0.2) is 4.79 Å². The van der Waals surface area contributed by atoms with Crippen LogP contribution in [0.2, 0.25) is 0 Å². The second-order valence-electron chi connectivity index (χ2n) is 11.3. The Balaban J connectivity index is 1.29. The van der Waals surface area contributed by atoms with Crippen LogP contribution >= 0.6 is 0 Å². The lowest BCUT2D eigenvalue weighted by atomic mass is 9.46. The summed E-state index contributed by atoms with van der Waals surface area (Å²) < 4.78 is 30.9. The maximum absolute atomic E-state index is 12.7. The van der Waals surface area contributed by atoms with E-state index >= 15 is 0 Å². The molecule has 5 fully saturated rings. The first-order valence-electron chi connectivity index (χ1n) is 12.0. The molecular weight excluding hydrogens is 432 g/mol. The SMILES string of the molecule is CC(C)[C@]12OC1C1O[C@]13[C@]1(OC1CC1C4=C(CC[C@@]13C)C(=O)OC4)C2OC(=O)CCC(=O)O. The highest BCUT2D eigenvalue weighted by molar-refractivity contribution is 5.92. The quantitative estimate of drug-likeness (QED) is 0.480. The molecule has 3 saturated heterocycles. The van der Waals surface area contributed by atoms with Gasteiger partial charge in [0.05, 0.1) is 18.9 Å². The van der Waals surface area contributed by atoms with Crippen molar-refractivity contribution in [2.75, 3.05) is 6.61 Å². The Morgan fingerprint density at radius 3 is 2.70 bits per heavy atom. The number of carbonyl (C=O) groups excluding carboxylic acids is 2. The van der Waals surface area contributed by atoms with Gasteiger partial charge >= 0.3 is 17.9 Å². The molecule has 2 saturated carbocycles. The van der Waals surface area contributed by atoms with Crippen LogP contribution in [-0.4, -0.2) is 70.8 Å². The van der Waals surface area contributed by atoms with Gasteiger partial charge in [-0.15, -0.1) is 0 Å². The smallest absolute Gasteiger partial charge is 0.334 e. The molecule has 9 nitrogen and oxygen atoms in total. The monoisotopic (exact) mass is 460 g/mol. The molecule has 0 radical (unpaired) electrons. The van der Waals surface area contributed by atoms with Gasteiger partial charge in [0.25, 0.3) is 0 Å². The molecule has 1 N–H and O–H groups in total. The minimum atomic E-state index is -1.04. The molecule has 2 spiro atoms. The summed E-state index contributed by atoms with van der Waals surface area (Å²) in [6, 6.07) is 0. The van der Waals surface area contributed by atoms with Crippen LogP contribution in [0.25, 0.3) is 0 Å². The van der Waals surface area contributed by atoms with E-state index in [2.05, 4.69) is 6.92 Å². The molecule has 7 aliphatic rings. The molecule has 9 atom stereocenters. The number of fused-ring (bicyclic) bond motifs is 4. The number of rotatable bonds is 5. The molecular formula is C24H28O9. The molecule has 4 aliphatic heterocycles. The number of carboxylic acid groups (broad SMARTS) is 1. The molecule has 5 unspecified atom stereocenters. The lowest BCUT2D eigenvalue weighted by Crippen LogP contribution is -2.70. The Bertz CT molecular complexity index is 1050. The predicted octanol–water partition coefficient (Wildman–Crippen LogP) is 1.52. The van der Waals surface area contributed by atoms with Crippen molar-refractivity contribution in [1.82, 2.24) is 0 Å². The standard InChI is InChI=1S/C24H28O9/c1-10(2)22-17(32-22)18-24(33-18)21(3)7-6-11-12(9-29-19(11)28)13(21)8-14-23(24,31-14)20(22)30-16(27)5-4-15(25)26/h10,13-14,17-18,20H,4-9H2,1-3H3,(H,25,26)/t13?,14?,17?,18?,20?,21-,22-,23+,24+/m0/s1. The Labute approximate surface area is 190 Å². The fourth-order valence-electron chi connectivity index (χ4n) is 8.24. The summed E-state index contributed by atoms with van der Waals surface area (Å²) in [4.78, 5) is 36.0. The zero-order valence-corrected chi connectivity index (χ0v) is 18.9. The van der Waals surface area contributed by atoms with Crippen LogP contribution in [0.4, 0.5) is 0 Å². The topological polar surface area (TPSA) is 127 Å². The van der Waals surface area contributed by atoms with E-state index in [1.165, 1.54) is 0 Å². The van der Waals surface area contributed by atoms with Gasteiger partial charge in [-0.3, -0.25) is 9.59 Å². The van der Waals surface area contributed by atoms with Gasteiger partial charge in [-0.05, 0) is 36.7 Å². The van der Waals surface area contributed by atoms with Crippen molar-refractivity contribution in [1.29, 1.82) is 0 Å². The first kappa shape index (κ1) is 20.4. The molecule has 33 heavy (non-hydrogen) atoms. The molecule has 3 aliphatic carbocycles. The Morgan fingerprint density at radius 1 is 1.18 bits per heavy atom. The lowest BCUT2D eigenvalue weighted by molar-refractivity contribution is -0.170. The number of cyclic esters (lactones) is 1. The van der Waals surface area contributed by atoms with Crippen molar-refractivity contribution in [2.24, 2.45) is 17.3 Å². The van der Waals surface area contributed by atoms with Crippen LogP contribution in [-0.2, 0) is 38.1 Å². The molecule has 0 aromatic carbocycles. The van der Waals surface area contributed by atoms with Crippen molar-refractivity contribution in [3.05, 3.63) is 11.1 Å². The van der Waals surface area contributed by atoms with E-state index in [0.717, 1.165) is 17.6 Å². The van der Waals surface area contributed by atoms with E-state index in [1.807, 2.05) is 13.8 Å². The second kappa shape index (κ2) is 5.80. The van der Waals surface area contributed by atoms with Crippen molar-refractivity contribution in [3.8, 4) is 0 Å². The van der Waals surface area contributed by atoms with E-state index in [4.69, 9.17) is 28.8 Å². The maximum Gasteiger partial charge on any atom is 0.334 e. The van der Waals surface area contributed by atoms with E-state index in [1.54, 1.807) is 0 Å². The largest absolute Gasteiger partial charge is 0.481 e. The number of hydrogen-bond acceptors (Lipinski definition) is 8. The van der Waals surface area contributed by atoms with Crippen molar-refractivity contribution in [2.45, 2.75) is 94.1 Å². The zero-order valence-electron chi connectivity index (χ0n) is 18.9. The molecule has 7 rings (SSSR count). The molecule has 0 aromatic rings. The maximum atomic E-state index is 12.7. The average Bonchev–Trinajstić information content (AvgIpc) is 3.65. The molecule has 0 aromatic heterocycles. The van der Waals surface area contributed by atoms with Gasteiger partial charge in [-0.2, -0.15) is 0 Å². The van der Waals surface area contributed by atoms with Crippen LogP contribution in [0.15, 0.2) is 11.1 Å². The van der Waals surface area contributed by atoms with Gasteiger partial charge in [0, 0.05) is 11.0 Å². The second-order valence-corrected chi connectivity index (χ2v) is 11.3. The lowest BCUT2D eigenvalue weighted by Gasteiger charge is -2.53. The number of ether oxygens (including phenoxy) is 5. The minimum Gasteiger partial charge on any atom is -0.481 e. The summed E-state index contributed by atoms with van der Waals surface area (Å²) in [5, 5.41) is 9.00. The summed E-state index contributed by atoms with van der Waals surface area (Å²) >= 11 is 0. The van der Waals surface area contributed by atoms with E-state index < -0.39 is 34.8 Å². The predicted molar refractivity (Wildman–Crippen MR) is 108 cm³/mol. The van der Waals surface area contributed by atoms with Crippen LogP contribution in [0.1, 0.15) is 52.9 Å². The van der Waals surface area contributed by atoms with E-state index in [-0.39, 0.29) is 54.4 Å². The number of esters is 2. The molecule has 9 heteroatoms. The third kappa shape index (κ3) is 2.06. The minimum absolute atomic E-state index is 0.0632. The Morgan fingerprint density at radius 2 is 1.97 bits per heavy atom. The van der Waals surface area contributed by atoms with Crippen molar-refractivity contribution in [3.63, 3.8) is 0 Å². The van der Waals surface area contributed by atoms with Crippen LogP contribution in [0, 0.1) is 17.3 Å². The zero-order chi connectivity index (χ0) is 23.1. The van der Waals surface area contributed by atoms with E-state index in [0.29, 0.717) is 19.4 Å². The third-order valence-corrected chi connectivity index (χ3v) is 9.86. The number of aliphatic carboxylic acids is 1. The summed E-state index contributed by atoms with van der Waals surface area (Å²) in [5.74, 6) is -1.63. The summed E-state index contributed by atoms with van der Waals surface area (Å²) in [5.41, 5.74) is -0.569. The highest BCUT2D eigenvalue weighted by Gasteiger charge is 3.01. The first-order valence-corrected chi connectivity index (χ1v) is 12.0. The molecule has 178 valence electrons. The normalized spacial score (nSPS) is 51.9. The first-order chi connectivity index (χ1) is 15.6. The van der Waals surface area contributed by atoms with Crippen LogP contribution in [0.5, 0.6) is 0 Å². The van der Waals surface area contributed by atoms with Crippen molar-refractivity contribution < 1.29 is 43.2 Å². The summed E-state index contributed by atoms with van der Waals surface area (Å²) in [7, 11) is 0. The summed E-state index contributed by atoms with van der Waals surface area (Å²) in [6.45, 7) is 6.65. The van der Waals surface area contributed by atoms with Gasteiger partial charge in [0.1, 0.15) is 30.0 Å². The number of carbonyl (C=O) groups is 3. The van der Waals surface area contributed by atoms with Crippen molar-refractivity contribution >= 4 is 17.9 Å².